The number of hydrogen-bond acceptors (Lipinski definition) is 4. The lowest BCUT2D eigenvalue weighted by Crippen LogP contribution is -2.47. The molecule has 2 aromatic heterocycles. The molecule has 1 amide bonds. The number of piperidine rings is 1. The molecule has 6 nitrogen and oxygen atoms in total. The number of hydrogen-bond donors (Lipinski definition) is 2. The van der Waals surface area contributed by atoms with Crippen LogP contribution in [0.1, 0.15) is 62.2 Å². The molecular formula is C33H35F2N5O. The van der Waals surface area contributed by atoms with Crippen molar-refractivity contribution in [3.05, 3.63) is 65.9 Å². The summed E-state index contributed by atoms with van der Waals surface area (Å²) in [5.41, 5.74) is 2.97. The minimum absolute atomic E-state index is 0.0613. The van der Waals surface area contributed by atoms with Crippen molar-refractivity contribution >= 4 is 22.6 Å². The number of rotatable bonds is 5. The van der Waals surface area contributed by atoms with Crippen molar-refractivity contribution in [3.8, 4) is 22.6 Å². The molecule has 2 N–H and O–H groups in total. The minimum atomic E-state index is -0.651. The highest BCUT2D eigenvalue weighted by molar-refractivity contribution is 5.95. The van der Waals surface area contributed by atoms with Crippen LogP contribution in [-0.4, -0.2) is 44.9 Å². The number of aromatic nitrogens is 3. The van der Waals surface area contributed by atoms with Gasteiger partial charge in [0, 0.05) is 59.5 Å². The Balaban J connectivity index is 1.27. The van der Waals surface area contributed by atoms with Crippen LogP contribution in [0.2, 0.25) is 0 Å². The fraction of sp³-hybridized carbons (Fsp3) is 0.424. The molecular weight excluding hydrogens is 520 g/mol. The molecule has 212 valence electrons. The van der Waals surface area contributed by atoms with Crippen molar-refractivity contribution in [2.24, 2.45) is 17.8 Å². The Kier molecular flexibility index (Phi) is 6.72. The Bertz CT molecular complexity index is 1580. The van der Waals surface area contributed by atoms with Crippen molar-refractivity contribution in [2.45, 2.75) is 57.9 Å². The molecule has 3 aliphatic carbocycles. The van der Waals surface area contributed by atoms with Gasteiger partial charge in [0.2, 0.25) is 0 Å². The van der Waals surface area contributed by atoms with Crippen LogP contribution in [0.25, 0.3) is 33.5 Å². The molecule has 3 heterocycles. The van der Waals surface area contributed by atoms with Gasteiger partial charge in [0.25, 0.3) is 5.91 Å². The number of nitrogens with zero attached hydrogens (tertiary/aromatic N) is 3. The molecule has 0 unspecified atom stereocenters. The second-order valence-corrected chi connectivity index (χ2v) is 12.1. The minimum Gasteiger partial charge on any atom is -0.367 e. The maximum absolute atomic E-state index is 14.5. The first kappa shape index (κ1) is 26.1. The van der Waals surface area contributed by atoms with E-state index < -0.39 is 11.6 Å². The lowest BCUT2D eigenvalue weighted by atomic mass is 9.62. The quantitative estimate of drug-likeness (QED) is 0.269. The number of anilines is 1. The lowest BCUT2D eigenvalue weighted by Gasteiger charge is -2.47. The molecule has 0 radical (unpaired) electrons. The van der Waals surface area contributed by atoms with Gasteiger partial charge in [0.05, 0.1) is 11.2 Å². The van der Waals surface area contributed by atoms with E-state index >= 15 is 0 Å². The third-order valence-electron chi connectivity index (χ3n) is 9.69. The van der Waals surface area contributed by atoms with Gasteiger partial charge < -0.3 is 15.2 Å². The summed E-state index contributed by atoms with van der Waals surface area (Å²) >= 11 is 0. The highest BCUT2D eigenvalue weighted by Crippen LogP contribution is 2.46. The maximum atomic E-state index is 14.5. The molecule has 1 saturated heterocycles. The lowest BCUT2D eigenvalue weighted by molar-refractivity contribution is 0.0724. The second-order valence-electron chi connectivity index (χ2n) is 12.1. The Labute approximate surface area is 238 Å². The van der Waals surface area contributed by atoms with Crippen molar-refractivity contribution < 1.29 is 13.6 Å². The fourth-order valence-electron chi connectivity index (χ4n) is 7.36. The largest absolute Gasteiger partial charge is 0.367 e. The van der Waals surface area contributed by atoms with Gasteiger partial charge in [0.1, 0.15) is 17.5 Å². The topological polar surface area (TPSA) is 73.9 Å². The first-order chi connectivity index (χ1) is 19.9. The van der Waals surface area contributed by atoms with Gasteiger partial charge in [-0.05, 0) is 80.9 Å². The summed E-state index contributed by atoms with van der Waals surface area (Å²) in [6.45, 7) is 3.94. The smallest absolute Gasteiger partial charge is 0.253 e. The number of fused-ring (bicyclic) bond motifs is 4. The number of amides is 1. The summed E-state index contributed by atoms with van der Waals surface area (Å²) in [5.74, 6) is 1.73. The highest BCUT2D eigenvalue weighted by Gasteiger charge is 2.41. The Morgan fingerprint density at radius 2 is 1.68 bits per heavy atom. The summed E-state index contributed by atoms with van der Waals surface area (Å²) in [7, 11) is 0. The predicted molar refractivity (Wildman–Crippen MR) is 156 cm³/mol. The normalized spacial score (nSPS) is 24.1. The van der Waals surface area contributed by atoms with Crippen molar-refractivity contribution in [2.75, 3.05) is 18.4 Å². The van der Waals surface area contributed by atoms with Gasteiger partial charge in [-0.1, -0.05) is 19.1 Å². The van der Waals surface area contributed by atoms with Crippen LogP contribution in [0, 0.1) is 29.4 Å². The van der Waals surface area contributed by atoms with Gasteiger partial charge in [-0.2, -0.15) is 0 Å². The molecule has 4 aliphatic rings. The molecule has 2 aromatic carbocycles. The van der Waals surface area contributed by atoms with Crippen molar-refractivity contribution in [3.63, 3.8) is 0 Å². The third kappa shape index (κ3) is 4.87. The molecule has 1 aliphatic heterocycles. The molecule has 4 aromatic rings. The van der Waals surface area contributed by atoms with Crippen LogP contribution in [-0.2, 0) is 0 Å². The predicted octanol–water partition coefficient (Wildman–Crippen LogP) is 7.43. The number of benzene rings is 2. The van der Waals surface area contributed by atoms with Gasteiger partial charge in [-0.15, -0.1) is 0 Å². The molecule has 2 atom stereocenters. The summed E-state index contributed by atoms with van der Waals surface area (Å²) in [6.07, 6.45) is 9.94. The van der Waals surface area contributed by atoms with E-state index in [0.29, 0.717) is 51.7 Å². The van der Waals surface area contributed by atoms with Crippen LogP contribution < -0.4 is 5.32 Å². The second kappa shape index (κ2) is 10.5. The Hall–Kier alpha value is -3.81. The number of nitrogens with one attached hydrogen (secondary N) is 2. The number of carbonyl (C=O) groups excluding carboxylic acids is 1. The van der Waals surface area contributed by atoms with E-state index in [2.05, 4.69) is 17.2 Å². The highest BCUT2D eigenvalue weighted by atomic mass is 19.1. The van der Waals surface area contributed by atoms with Crippen molar-refractivity contribution in [1.82, 2.24) is 19.9 Å². The van der Waals surface area contributed by atoms with Crippen molar-refractivity contribution in [1.29, 1.82) is 0 Å². The summed E-state index contributed by atoms with van der Waals surface area (Å²) in [6, 6.07) is 12.0. The van der Waals surface area contributed by atoms with E-state index in [1.807, 2.05) is 35.2 Å². The zero-order chi connectivity index (χ0) is 28.1. The fourth-order valence-corrected chi connectivity index (χ4v) is 7.36. The van der Waals surface area contributed by atoms with E-state index in [4.69, 9.17) is 9.97 Å². The molecule has 4 fully saturated rings. The number of likely N-dealkylation sites (tertiary alicyclic amines) is 1. The van der Waals surface area contributed by atoms with Crippen LogP contribution in [0.15, 0.2) is 48.7 Å². The number of H-pyrrole nitrogens is 1. The zero-order valence-electron chi connectivity index (χ0n) is 23.3. The SMILES string of the molecule is C[C@@H]1C2CCC(CC2)[C@H]1Nc1cc(-c2ccc(C(=O)N3CCCCC3)cc2)nc(-c2c[nH]c3c(F)cc(F)cc23)n1. The van der Waals surface area contributed by atoms with E-state index in [0.717, 1.165) is 43.5 Å². The Morgan fingerprint density at radius 1 is 0.951 bits per heavy atom. The third-order valence-corrected chi connectivity index (χ3v) is 9.69. The van der Waals surface area contributed by atoms with Gasteiger partial charge in [-0.25, -0.2) is 18.7 Å². The molecule has 3 saturated carbocycles. The molecule has 2 bridgehead atoms. The summed E-state index contributed by atoms with van der Waals surface area (Å²) in [4.78, 5) is 27.6. The average Bonchev–Trinajstić information content (AvgIpc) is 3.43. The van der Waals surface area contributed by atoms with Gasteiger partial charge >= 0.3 is 0 Å². The Morgan fingerprint density at radius 3 is 2.41 bits per heavy atom. The monoisotopic (exact) mass is 555 g/mol. The summed E-state index contributed by atoms with van der Waals surface area (Å²) in [5, 5.41) is 4.15. The number of halogens is 2. The van der Waals surface area contributed by atoms with E-state index in [-0.39, 0.29) is 11.4 Å². The number of aromatic amines is 1. The summed E-state index contributed by atoms with van der Waals surface area (Å²) < 4.78 is 28.8. The van der Waals surface area contributed by atoms with E-state index in [1.54, 1.807) is 6.20 Å². The van der Waals surface area contributed by atoms with Crippen LogP contribution in [0.3, 0.4) is 0 Å². The average molecular weight is 556 g/mol. The van der Waals surface area contributed by atoms with Gasteiger partial charge in [-0.3, -0.25) is 4.79 Å². The van der Waals surface area contributed by atoms with Crippen LogP contribution >= 0.6 is 0 Å². The molecule has 8 rings (SSSR count). The zero-order valence-corrected chi connectivity index (χ0v) is 23.3. The maximum Gasteiger partial charge on any atom is 0.253 e. The molecule has 41 heavy (non-hydrogen) atoms. The molecule has 0 spiro atoms. The van der Waals surface area contributed by atoms with Gasteiger partial charge in [0.15, 0.2) is 5.82 Å². The van der Waals surface area contributed by atoms with E-state index in [1.165, 1.54) is 38.2 Å². The standard InChI is InChI=1S/C33H35F2N5O/c1-19-20-5-9-22(10-6-20)30(19)38-29-17-28(21-7-11-23(12-8-21)33(41)40-13-3-2-4-14-40)37-32(39-29)26-18-36-31-25(26)15-24(34)16-27(31)35/h7-8,11-12,15-20,22,30,36H,2-6,9-10,13-14H2,1H3,(H,37,38,39)/t19-,20?,22?,30+/m1/s1. The van der Waals surface area contributed by atoms with Crippen LogP contribution in [0.5, 0.6) is 0 Å². The first-order valence-electron chi connectivity index (χ1n) is 15.0. The van der Waals surface area contributed by atoms with E-state index in [9.17, 15) is 13.6 Å². The number of carbonyl (C=O) groups is 1. The molecule has 8 heteroatoms. The first-order valence-corrected chi connectivity index (χ1v) is 15.0. The van der Waals surface area contributed by atoms with Crippen LogP contribution in [0.4, 0.5) is 14.6 Å².